The second-order valence-corrected chi connectivity index (χ2v) is 8.24. The van der Waals surface area contributed by atoms with Gasteiger partial charge in [0.1, 0.15) is 5.54 Å². The molecule has 1 spiro atoms. The van der Waals surface area contributed by atoms with E-state index in [1.165, 1.54) is 16.7 Å². The lowest BCUT2D eigenvalue weighted by atomic mass is 9.85. The van der Waals surface area contributed by atoms with E-state index in [0.29, 0.717) is 6.67 Å². The maximum atomic E-state index is 12.8. The van der Waals surface area contributed by atoms with Crippen LogP contribution in [0.3, 0.4) is 0 Å². The van der Waals surface area contributed by atoms with Crippen LogP contribution in [-0.4, -0.2) is 42.6 Å². The molecule has 1 aliphatic carbocycles. The fraction of sp³-hybridized carbons (Fsp3) is 0.375. The van der Waals surface area contributed by atoms with E-state index >= 15 is 0 Å². The van der Waals surface area contributed by atoms with E-state index in [2.05, 4.69) is 57.6 Å². The molecule has 0 bridgehead atoms. The highest BCUT2D eigenvalue weighted by atomic mass is 16.2. The fourth-order valence-corrected chi connectivity index (χ4v) is 5.02. The quantitative estimate of drug-likeness (QED) is 0.895. The zero-order valence-electron chi connectivity index (χ0n) is 16.2. The SMILES string of the molecule is O=C1NCN(c2ccccc2)C12CCN(CC1=Cc3ccccc3CC1)CC2. The van der Waals surface area contributed by atoms with Crippen molar-refractivity contribution in [1.82, 2.24) is 10.2 Å². The van der Waals surface area contributed by atoms with Gasteiger partial charge in [0.05, 0.1) is 6.67 Å². The van der Waals surface area contributed by atoms with Gasteiger partial charge in [-0.1, -0.05) is 54.1 Å². The number of aryl methyl sites for hydroxylation is 1. The smallest absolute Gasteiger partial charge is 0.247 e. The van der Waals surface area contributed by atoms with E-state index in [4.69, 9.17) is 0 Å². The fourth-order valence-electron chi connectivity index (χ4n) is 5.02. The molecule has 0 saturated carbocycles. The third-order valence-corrected chi connectivity index (χ3v) is 6.65. The van der Waals surface area contributed by atoms with Gasteiger partial charge in [-0.25, -0.2) is 0 Å². The molecule has 1 amide bonds. The summed E-state index contributed by atoms with van der Waals surface area (Å²) in [7, 11) is 0. The third-order valence-electron chi connectivity index (χ3n) is 6.65. The first-order valence-corrected chi connectivity index (χ1v) is 10.4. The second kappa shape index (κ2) is 7.10. The van der Waals surface area contributed by atoms with Gasteiger partial charge in [0.15, 0.2) is 0 Å². The van der Waals surface area contributed by atoms with Gasteiger partial charge in [0, 0.05) is 25.3 Å². The molecule has 2 fully saturated rings. The lowest BCUT2D eigenvalue weighted by molar-refractivity contribution is -0.125. The molecule has 2 aromatic rings. The van der Waals surface area contributed by atoms with Crippen LogP contribution in [0, 0.1) is 0 Å². The highest BCUT2D eigenvalue weighted by Crippen LogP contribution is 2.36. The molecule has 2 heterocycles. The first kappa shape index (κ1) is 17.5. The molecule has 2 aliphatic heterocycles. The Bertz CT molecular complexity index is 897. The van der Waals surface area contributed by atoms with Crippen LogP contribution in [0.4, 0.5) is 5.69 Å². The number of amides is 1. The molecule has 1 N–H and O–H groups in total. The molecule has 144 valence electrons. The van der Waals surface area contributed by atoms with Gasteiger partial charge in [0.2, 0.25) is 5.91 Å². The molecular weight excluding hydrogens is 346 g/mol. The maximum absolute atomic E-state index is 12.8. The molecule has 28 heavy (non-hydrogen) atoms. The number of piperidine rings is 1. The van der Waals surface area contributed by atoms with E-state index in [0.717, 1.165) is 51.0 Å². The molecule has 0 aromatic heterocycles. The second-order valence-electron chi connectivity index (χ2n) is 8.24. The van der Waals surface area contributed by atoms with Crippen LogP contribution in [0.2, 0.25) is 0 Å². The van der Waals surface area contributed by atoms with E-state index in [9.17, 15) is 4.79 Å². The Hall–Kier alpha value is -2.59. The largest absolute Gasteiger partial charge is 0.339 e. The first-order chi connectivity index (χ1) is 13.7. The van der Waals surface area contributed by atoms with Gasteiger partial charge in [0.25, 0.3) is 0 Å². The number of fused-ring (bicyclic) bond motifs is 1. The number of likely N-dealkylation sites (tertiary alicyclic amines) is 1. The Morgan fingerprint density at radius 1 is 0.929 bits per heavy atom. The van der Waals surface area contributed by atoms with Gasteiger partial charge >= 0.3 is 0 Å². The van der Waals surface area contributed by atoms with Crippen molar-refractivity contribution in [2.45, 2.75) is 31.2 Å². The van der Waals surface area contributed by atoms with Crippen LogP contribution >= 0.6 is 0 Å². The number of nitrogens with zero attached hydrogens (tertiary/aromatic N) is 2. The number of hydrogen-bond acceptors (Lipinski definition) is 3. The Morgan fingerprint density at radius 3 is 2.50 bits per heavy atom. The zero-order chi connectivity index (χ0) is 19.0. The van der Waals surface area contributed by atoms with Gasteiger partial charge < -0.3 is 10.2 Å². The van der Waals surface area contributed by atoms with Crippen molar-refractivity contribution in [2.75, 3.05) is 31.2 Å². The molecule has 0 radical (unpaired) electrons. The lowest BCUT2D eigenvalue weighted by Crippen LogP contribution is -2.56. The third kappa shape index (κ3) is 3.02. The van der Waals surface area contributed by atoms with Gasteiger partial charge in [-0.15, -0.1) is 0 Å². The summed E-state index contributed by atoms with van der Waals surface area (Å²) in [6, 6.07) is 19.1. The van der Waals surface area contributed by atoms with Crippen molar-refractivity contribution in [3.63, 3.8) is 0 Å². The van der Waals surface area contributed by atoms with Crippen molar-refractivity contribution in [3.8, 4) is 0 Å². The van der Waals surface area contributed by atoms with Gasteiger partial charge in [-0.05, 0) is 48.9 Å². The molecule has 2 saturated heterocycles. The highest BCUT2D eigenvalue weighted by Gasteiger charge is 2.50. The van der Waals surface area contributed by atoms with Crippen LogP contribution in [0.15, 0.2) is 60.2 Å². The van der Waals surface area contributed by atoms with Gasteiger partial charge in [-0.2, -0.15) is 0 Å². The molecule has 3 aliphatic rings. The number of rotatable bonds is 3. The van der Waals surface area contributed by atoms with Crippen LogP contribution < -0.4 is 10.2 Å². The highest BCUT2D eigenvalue weighted by molar-refractivity contribution is 5.93. The number of anilines is 1. The number of hydrogen-bond donors (Lipinski definition) is 1. The average molecular weight is 374 g/mol. The first-order valence-electron chi connectivity index (χ1n) is 10.4. The number of benzene rings is 2. The monoisotopic (exact) mass is 373 g/mol. The predicted octanol–water partition coefficient (Wildman–Crippen LogP) is 3.44. The van der Waals surface area contributed by atoms with Gasteiger partial charge in [-0.3, -0.25) is 9.69 Å². The number of para-hydroxylation sites is 1. The van der Waals surface area contributed by atoms with Crippen molar-refractivity contribution < 1.29 is 4.79 Å². The number of carbonyl (C=O) groups is 1. The summed E-state index contributed by atoms with van der Waals surface area (Å²) in [5.41, 5.74) is 5.12. The van der Waals surface area contributed by atoms with Crippen LogP contribution in [0.25, 0.3) is 6.08 Å². The van der Waals surface area contributed by atoms with Crippen LogP contribution in [0.5, 0.6) is 0 Å². The summed E-state index contributed by atoms with van der Waals surface area (Å²) in [5, 5.41) is 3.09. The summed E-state index contributed by atoms with van der Waals surface area (Å²) in [6.45, 7) is 3.58. The standard InChI is InChI=1S/C24H27N3O/c28-23-24(27(18-25-23)22-8-2-1-3-9-22)12-14-26(15-13-24)17-19-10-11-20-6-4-5-7-21(20)16-19/h1-9,16H,10-15,17-18H2,(H,25,28). The normalized spacial score (nSPS) is 21.4. The van der Waals surface area contributed by atoms with Crippen LogP contribution in [0.1, 0.15) is 30.4 Å². The molecule has 0 atom stereocenters. The molecular formula is C24H27N3O. The van der Waals surface area contributed by atoms with Crippen molar-refractivity contribution >= 4 is 17.7 Å². The number of nitrogens with one attached hydrogen (secondary N) is 1. The van der Waals surface area contributed by atoms with E-state index in [-0.39, 0.29) is 11.4 Å². The minimum absolute atomic E-state index is 0.196. The Balaban J connectivity index is 1.28. The summed E-state index contributed by atoms with van der Waals surface area (Å²) >= 11 is 0. The van der Waals surface area contributed by atoms with E-state index < -0.39 is 0 Å². The average Bonchev–Trinajstić information content (AvgIpc) is 3.06. The number of carbonyl (C=O) groups excluding carboxylic acids is 1. The minimum Gasteiger partial charge on any atom is -0.339 e. The molecule has 2 aromatic carbocycles. The summed E-state index contributed by atoms with van der Waals surface area (Å²) in [4.78, 5) is 17.6. The summed E-state index contributed by atoms with van der Waals surface area (Å²) in [6.07, 6.45) is 6.44. The van der Waals surface area contributed by atoms with E-state index in [1.807, 2.05) is 18.2 Å². The topological polar surface area (TPSA) is 35.6 Å². The van der Waals surface area contributed by atoms with Crippen molar-refractivity contribution in [1.29, 1.82) is 0 Å². The predicted molar refractivity (Wildman–Crippen MR) is 113 cm³/mol. The molecule has 0 unspecified atom stereocenters. The minimum atomic E-state index is -0.384. The molecule has 4 heteroatoms. The van der Waals surface area contributed by atoms with E-state index in [1.54, 1.807) is 0 Å². The zero-order valence-corrected chi connectivity index (χ0v) is 16.2. The summed E-state index contributed by atoms with van der Waals surface area (Å²) < 4.78 is 0. The van der Waals surface area contributed by atoms with Crippen molar-refractivity contribution in [3.05, 3.63) is 71.3 Å². The van der Waals surface area contributed by atoms with Crippen molar-refractivity contribution in [2.24, 2.45) is 0 Å². The Labute approximate surface area is 166 Å². The van der Waals surface area contributed by atoms with Crippen LogP contribution in [-0.2, 0) is 11.2 Å². The lowest BCUT2D eigenvalue weighted by Gasteiger charge is -2.43. The Kier molecular flexibility index (Phi) is 4.44. The molecule has 4 nitrogen and oxygen atoms in total. The molecule has 5 rings (SSSR count). The summed E-state index contributed by atoms with van der Waals surface area (Å²) in [5.74, 6) is 0.196. The maximum Gasteiger partial charge on any atom is 0.247 e. The Morgan fingerprint density at radius 2 is 1.68 bits per heavy atom.